The van der Waals surface area contributed by atoms with E-state index in [9.17, 15) is 4.21 Å². The lowest BCUT2D eigenvalue weighted by molar-refractivity contribution is 0.408. The molecule has 0 amide bonds. The van der Waals surface area contributed by atoms with Crippen molar-refractivity contribution >= 4 is 17.0 Å². The van der Waals surface area contributed by atoms with Gasteiger partial charge in [-0.15, -0.1) is 0 Å². The summed E-state index contributed by atoms with van der Waals surface area (Å²) < 4.78 is 20.2. The first kappa shape index (κ1) is 9.28. The van der Waals surface area contributed by atoms with E-state index in [0.29, 0.717) is 5.88 Å². The van der Waals surface area contributed by atoms with Gasteiger partial charge in [0.1, 0.15) is 0 Å². The molecule has 0 aliphatic rings. The van der Waals surface area contributed by atoms with Crippen LogP contribution in [-0.4, -0.2) is 10.5 Å². The molecular weight excluding hydrogens is 178 g/mol. The first-order valence-electron chi connectivity index (χ1n) is 3.42. The Morgan fingerprint density at radius 1 is 1.58 bits per heavy atom. The molecule has 12 heavy (non-hydrogen) atoms. The summed E-state index contributed by atoms with van der Waals surface area (Å²) in [4.78, 5) is 0. The van der Waals surface area contributed by atoms with Gasteiger partial charge in [0, 0.05) is 11.8 Å². The molecule has 0 aliphatic heterocycles. The van der Waals surface area contributed by atoms with Crippen LogP contribution >= 0.6 is 0 Å². The second kappa shape index (κ2) is 3.73. The third-order valence-electron chi connectivity index (χ3n) is 1.54. The molecule has 0 saturated heterocycles. The van der Waals surface area contributed by atoms with Crippen LogP contribution in [0.3, 0.4) is 0 Å². The Balaban J connectivity index is 2.63. The van der Waals surface area contributed by atoms with Crippen molar-refractivity contribution in [3.8, 4) is 0 Å². The van der Waals surface area contributed by atoms with Crippen LogP contribution < -0.4 is 5.48 Å². The van der Waals surface area contributed by atoms with Crippen LogP contribution in [-0.2, 0) is 15.4 Å². The van der Waals surface area contributed by atoms with Gasteiger partial charge in [0.15, 0.2) is 11.1 Å². The Morgan fingerprint density at radius 2 is 2.25 bits per heavy atom. The Morgan fingerprint density at radius 3 is 2.67 bits per heavy atom. The third kappa shape index (κ3) is 2.09. The van der Waals surface area contributed by atoms with Gasteiger partial charge < -0.3 is 4.42 Å². The van der Waals surface area contributed by atoms with Gasteiger partial charge >= 0.3 is 0 Å². The van der Waals surface area contributed by atoms with E-state index in [1.165, 1.54) is 6.26 Å². The lowest BCUT2D eigenvalue weighted by Gasteiger charge is -1.99. The maximum Gasteiger partial charge on any atom is 0.220 e. The molecule has 0 fully saturated rings. The highest BCUT2D eigenvalue weighted by Gasteiger charge is 2.05. The normalized spacial score (nSPS) is 12.9. The van der Waals surface area contributed by atoms with E-state index in [1.54, 1.807) is 6.26 Å². The van der Waals surface area contributed by atoms with Gasteiger partial charge in [-0.3, -0.25) is 0 Å². The van der Waals surface area contributed by atoms with E-state index >= 15 is 0 Å². The number of furan rings is 1. The van der Waals surface area contributed by atoms with Crippen LogP contribution in [0.5, 0.6) is 0 Å². The first-order chi connectivity index (χ1) is 5.61. The number of hydrogen-bond acceptors (Lipinski definition) is 4. The van der Waals surface area contributed by atoms with E-state index in [-0.39, 0.29) is 0 Å². The Kier molecular flexibility index (Phi) is 2.88. The van der Waals surface area contributed by atoms with Crippen LogP contribution in [0.1, 0.15) is 11.1 Å². The highest BCUT2D eigenvalue weighted by atomic mass is 32.2. The number of anilines is 1. The van der Waals surface area contributed by atoms with E-state index in [4.69, 9.17) is 4.42 Å². The van der Waals surface area contributed by atoms with Crippen molar-refractivity contribution in [2.45, 2.75) is 13.8 Å². The Labute approximate surface area is 73.5 Å². The van der Waals surface area contributed by atoms with E-state index in [0.717, 1.165) is 11.1 Å². The van der Waals surface area contributed by atoms with Crippen LogP contribution in [0.25, 0.3) is 0 Å². The number of rotatable bonds is 3. The van der Waals surface area contributed by atoms with Crippen LogP contribution in [0.15, 0.2) is 10.7 Å². The van der Waals surface area contributed by atoms with Crippen molar-refractivity contribution in [3.05, 3.63) is 17.4 Å². The van der Waals surface area contributed by atoms with Crippen LogP contribution in [0.2, 0.25) is 0 Å². The largest absolute Gasteiger partial charge is 0.446 e. The summed E-state index contributed by atoms with van der Waals surface area (Å²) in [5, 5.41) is 0. The molecule has 4 nitrogen and oxygen atoms in total. The molecule has 1 N–H and O–H groups in total. The number of hydrogen-bond donors (Lipinski definition) is 1. The van der Waals surface area contributed by atoms with Gasteiger partial charge in [-0.2, -0.15) is 4.28 Å². The predicted molar refractivity (Wildman–Crippen MR) is 47.0 cm³/mol. The van der Waals surface area contributed by atoms with Crippen molar-refractivity contribution < 1.29 is 12.9 Å². The van der Waals surface area contributed by atoms with Crippen molar-refractivity contribution in [2.24, 2.45) is 0 Å². The van der Waals surface area contributed by atoms with Crippen molar-refractivity contribution in [1.29, 1.82) is 0 Å². The third-order valence-corrected chi connectivity index (χ3v) is 1.86. The average Bonchev–Trinajstić information content (AvgIpc) is 2.30. The van der Waals surface area contributed by atoms with Crippen molar-refractivity contribution in [2.75, 3.05) is 11.7 Å². The minimum Gasteiger partial charge on any atom is -0.446 e. The molecule has 0 aliphatic carbocycles. The van der Waals surface area contributed by atoms with Crippen molar-refractivity contribution in [3.63, 3.8) is 0 Å². The summed E-state index contributed by atoms with van der Waals surface area (Å²) in [6.07, 6.45) is 3.04. The molecule has 68 valence electrons. The summed E-state index contributed by atoms with van der Waals surface area (Å²) in [5.41, 5.74) is 4.46. The van der Waals surface area contributed by atoms with E-state index < -0.39 is 11.1 Å². The highest BCUT2D eigenvalue weighted by Crippen LogP contribution is 2.20. The Hall–Kier alpha value is -0.810. The van der Waals surface area contributed by atoms with Crippen LogP contribution in [0.4, 0.5) is 5.88 Å². The van der Waals surface area contributed by atoms with E-state index in [1.807, 2.05) is 13.8 Å². The highest BCUT2D eigenvalue weighted by molar-refractivity contribution is 7.79. The van der Waals surface area contributed by atoms with Gasteiger partial charge in [-0.1, -0.05) is 0 Å². The number of aryl methyl sites for hydroxylation is 1. The second-order valence-electron chi connectivity index (χ2n) is 2.46. The summed E-state index contributed by atoms with van der Waals surface area (Å²) >= 11 is -1.34. The summed E-state index contributed by atoms with van der Waals surface area (Å²) in [6.45, 7) is 3.82. The fourth-order valence-electron chi connectivity index (χ4n) is 0.700. The molecule has 1 atom stereocenters. The molecule has 5 heteroatoms. The monoisotopic (exact) mass is 189 g/mol. The molecular formula is C7H11NO3S. The maximum atomic E-state index is 10.5. The first-order valence-corrected chi connectivity index (χ1v) is 4.91. The molecule has 0 spiro atoms. The molecule has 1 rings (SSSR count). The standard InChI is InChI=1S/C7H11NO3S/c1-5-4-10-7(6(5)2)8-11-12(3)9/h4,8H,1-3H3. The summed E-state index contributed by atoms with van der Waals surface area (Å²) in [6, 6.07) is 0. The summed E-state index contributed by atoms with van der Waals surface area (Å²) in [7, 11) is 0. The smallest absolute Gasteiger partial charge is 0.220 e. The zero-order valence-electron chi connectivity index (χ0n) is 7.21. The average molecular weight is 189 g/mol. The van der Waals surface area contributed by atoms with Gasteiger partial charge in [-0.25, -0.2) is 9.69 Å². The molecule has 0 bridgehead atoms. The lowest BCUT2D eigenvalue weighted by atomic mass is 10.2. The van der Waals surface area contributed by atoms with Gasteiger partial charge in [0.25, 0.3) is 0 Å². The zero-order chi connectivity index (χ0) is 9.14. The van der Waals surface area contributed by atoms with Crippen molar-refractivity contribution in [1.82, 2.24) is 0 Å². The topological polar surface area (TPSA) is 51.5 Å². The molecule has 0 aromatic carbocycles. The maximum absolute atomic E-state index is 10.5. The Bertz CT molecular complexity index is 295. The zero-order valence-corrected chi connectivity index (χ0v) is 8.03. The van der Waals surface area contributed by atoms with Gasteiger partial charge in [-0.05, 0) is 19.4 Å². The molecule has 0 radical (unpaired) electrons. The lowest BCUT2D eigenvalue weighted by Crippen LogP contribution is -2.02. The number of nitrogens with one attached hydrogen (secondary N) is 1. The fourth-order valence-corrected chi connectivity index (χ4v) is 0.893. The molecule has 1 heterocycles. The molecule has 1 aromatic rings. The molecule has 1 aromatic heterocycles. The quantitative estimate of drug-likeness (QED) is 0.733. The van der Waals surface area contributed by atoms with Gasteiger partial charge in [0.2, 0.25) is 5.88 Å². The SMILES string of the molecule is Cc1coc(NOS(C)=O)c1C. The fraction of sp³-hybridized carbons (Fsp3) is 0.429. The van der Waals surface area contributed by atoms with Gasteiger partial charge in [0.05, 0.1) is 6.26 Å². The summed E-state index contributed by atoms with van der Waals surface area (Å²) in [5.74, 6) is 0.503. The minimum absolute atomic E-state index is 0.503. The van der Waals surface area contributed by atoms with Crippen LogP contribution in [0, 0.1) is 13.8 Å². The second-order valence-corrected chi connectivity index (χ2v) is 3.43. The predicted octanol–water partition coefficient (Wildman–Crippen LogP) is 1.53. The van der Waals surface area contributed by atoms with E-state index in [2.05, 4.69) is 9.76 Å². The minimum atomic E-state index is -1.34. The molecule has 1 unspecified atom stereocenters. The molecule has 0 saturated carbocycles.